The normalized spacial score (nSPS) is 15.8. The first-order valence-corrected chi connectivity index (χ1v) is 5.69. The van der Waals surface area contributed by atoms with Crippen LogP contribution in [0.25, 0.3) is 0 Å². The summed E-state index contributed by atoms with van der Waals surface area (Å²) in [5.74, 6) is 0. The second-order valence-electron chi connectivity index (χ2n) is 3.93. The van der Waals surface area contributed by atoms with Crippen molar-refractivity contribution in [2.45, 2.75) is 12.8 Å². The molecule has 1 heterocycles. The Morgan fingerprint density at radius 1 is 1.31 bits per heavy atom. The molecule has 0 amide bonds. The van der Waals surface area contributed by atoms with Gasteiger partial charge < -0.3 is 9.64 Å². The van der Waals surface area contributed by atoms with Gasteiger partial charge in [-0.15, -0.1) is 0 Å². The summed E-state index contributed by atoms with van der Waals surface area (Å²) in [6.45, 7) is 3.54. The van der Waals surface area contributed by atoms with Crippen LogP contribution < -0.4 is 4.90 Å². The van der Waals surface area contributed by atoms with Gasteiger partial charge in [0, 0.05) is 25.2 Å². The lowest BCUT2D eigenvalue weighted by atomic mass is 10.1. The van der Waals surface area contributed by atoms with E-state index in [9.17, 15) is 0 Å². The van der Waals surface area contributed by atoms with Gasteiger partial charge in [0.05, 0.1) is 19.3 Å². The molecule has 84 valence electrons. The van der Waals surface area contributed by atoms with Crippen molar-refractivity contribution in [2.75, 3.05) is 31.2 Å². The number of anilines is 1. The Morgan fingerprint density at radius 3 is 2.88 bits per heavy atom. The highest BCUT2D eigenvalue weighted by Gasteiger charge is 2.10. The fourth-order valence-corrected chi connectivity index (χ4v) is 1.93. The van der Waals surface area contributed by atoms with Gasteiger partial charge in [0.25, 0.3) is 0 Å². The number of aryl methyl sites for hydroxylation is 1. The van der Waals surface area contributed by atoms with Crippen LogP contribution >= 0.6 is 0 Å². The molecule has 3 heteroatoms. The minimum Gasteiger partial charge on any atom is -0.378 e. The zero-order chi connectivity index (χ0) is 11.2. The number of nitriles is 1. The van der Waals surface area contributed by atoms with Crippen molar-refractivity contribution in [3.05, 3.63) is 29.8 Å². The van der Waals surface area contributed by atoms with E-state index in [1.54, 1.807) is 0 Å². The molecule has 0 saturated carbocycles. The molecule has 0 radical (unpaired) electrons. The van der Waals surface area contributed by atoms with E-state index in [-0.39, 0.29) is 0 Å². The number of benzene rings is 1. The molecular weight excluding hydrogens is 200 g/mol. The van der Waals surface area contributed by atoms with Gasteiger partial charge >= 0.3 is 0 Å². The summed E-state index contributed by atoms with van der Waals surface area (Å²) < 4.78 is 5.33. The summed E-state index contributed by atoms with van der Waals surface area (Å²) >= 11 is 0. The molecule has 16 heavy (non-hydrogen) atoms. The topological polar surface area (TPSA) is 36.3 Å². The van der Waals surface area contributed by atoms with Crippen molar-refractivity contribution >= 4 is 5.69 Å². The summed E-state index contributed by atoms with van der Waals surface area (Å²) in [4.78, 5) is 2.33. The van der Waals surface area contributed by atoms with Crippen LogP contribution in [0.2, 0.25) is 0 Å². The van der Waals surface area contributed by atoms with E-state index in [4.69, 9.17) is 10.00 Å². The van der Waals surface area contributed by atoms with Crippen LogP contribution in [0.1, 0.15) is 12.0 Å². The molecule has 1 aromatic carbocycles. The molecule has 0 unspecified atom stereocenters. The van der Waals surface area contributed by atoms with Gasteiger partial charge in [-0.1, -0.05) is 12.1 Å². The highest BCUT2D eigenvalue weighted by Crippen LogP contribution is 2.18. The summed E-state index contributed by atoms with van der Waals surface area (Å²) in [7, 11) is 0. The molecule has 0 aliphatic carbocycles. The fraction of sp³-hybridized carbons (Fsp3) is 0.462. The average molecular weight is 216 g/mol. The second-order valence-corrected chi connectivity index (χ2v) is 3.93. The Hall–Kier alpha value is -1.53. The predicted octanol–water partition coefficient (Wildman–Crippen LogP) is 1.98. The van der Waals surface area contributed by atoms with Crippen LogP contribution in [0.15, 0.2) is 24.3 Å². The van der Waals surface area contributed by atoms with E-state index in [1.807, 2.05) is 0 Å². The Bertz CT molecular complexity index is 378. The van der Waals surface area contributed by atoms with Crippen LogP contribution in [0.3, 0.4) is 0 Å². The zero-order valence-electron chi connectivity index (χ0n) is 9.35. The van der Waals surface area contributed by atoms with Crippen molar-refractivity contribution in [3.8, 4) is 6.07 Å². The van der Waals surface area contributed by atoms with Gasteiger partial charge in [-0.25, -0.2) is 0 Å². The molecular formula is C13H16N2O. The molecule has 3 nitrogen and oxygen atoms in total. The Kier molecular flexibility index (Phi) is 3.79. The third kappa shape index (κ3) is 2.74. The summed E-state index contributed by atoms with van der Waals surface area (Å²) in [5, 5.41) is 8.57. The summed E-state index contributed by atoms with van der Waals surface area (Å²) in [6.07, 6.45) is 1.43. The van der Waals surface area contributed by atoms with Crippen LogP contribution in [0.4, 0.5) is 5.69 Å². The largest absolute Gasteiger partial charge is 0.378 e. The highest BCUT2D eigenvalue weighted by atomic mass is 16.5. The Labute approximate surface area is 96.2 Å². The molecule has 0 bridgehead atoms. The Morgan fingerprint density at radius 2 is 2.12 bits per heavy atom. The predicted molar refractivity (Wildman–Crippen MR) is 63.4 cm³/mol. The first kappa shape index (κ1) is 11.0. The molecule has 0 atom stereocenters. The highest BCUT2D eigenvalue weighted by molar-refractivity contribution is 5.49. The number of morpholine rings is 1. The number of hydrogen-bond acceptors (Lipinski definition) is 3. The van der Waals surface area contributed by atoms with E-state index in [0.29, 0.717) is 6.42 Å². The molecule has 2 rings (SSSR count). The second kappa shape index (κ2) is 5.53. The summed E-state index contributed by atoms with van der Waals surface area (Å²) in [5.41, 5.74) is 2.49. The van der Waals surface area contributed by atoms with Crippen LogP contribution in [-0.2, 0) is 11.2 Å². The lowest BCUT2D eigenvalue weighted by Crippen LogP contribution is -2.36. The van der Waals surface area contributed by atoms with E-state index >= 15 is 0 Å². The average Bonchev–Trinajstić information content (AvgIpc) is 2.38. The molecule has 1 fully saturated rings. The maximum absolute atomic E-state index is 8.57. The van der Waals surface area contributed by atoms with Crippen molar-refractivity contribution < 1.29 is 4.74 Å². The number of ether oxygens (including phenoxy) is 1. The van der Waals surface area contributed by atoms with E-state index in [1.165, 1.54) is 11.3 Å². The van der Waals surface area contributed by atoms with Gasteiger partial charge in [-0.2, -0.15) is 5.26 Å². The van der Waals surface area contributed by atoms with Crippen molar-refractivity contribution in [1.29, 1.82) is 5.26 Å². The molecule has 1 aliphatic heterocycles. The quantitative estimate of drug-likeness (QED) is 0.775. The molecule has 0 N–H and O–H groups in total. The third-order valence-corrected chi connectivity index (χ3v) is 2.81. The number of rotatable bonds is 3. The molecule has 1 aliphatic rings. The molecule has 0 aromatic heterocycles. The number of nitrogens with zero attached hydrogens (tertiary/aromatic N) is 2. The Balaban J connectivity index is 2.06. The maximum Gasteiger partial charge on any atom is 0.0642 e. The van der Waals surface area contributed by atoms with Gasteiger partial charge in [0.1, 0.15) is 0 Å². The van der Waals surface area contributed by atoms with Gasteiger partial charge in [0.2, 0.25) is 0 Å². The monoisotopic (exact) mass is 216 g/mol. The number of hydrogen-bond donors (Lipinski definition) is 0. The molecule has 1 aromatic rings. The zero-order valence-corrected chi connectivity index (χ0v) is 9.35. The van der Waals surface area contributed by atoms with Crippen molar-refractivity contribution in [2.24, 2.45) is 0 Å². The van der Waals surface area contributed by atoms with E-state index in [0.717, 1.165) is 32.7 Å². The van der Waals surface area contributed by atoms with E-state index in [2.05, 4.69) is 35.2 Å². The lowest BCUT2D eigenvalue weighted by Gasteiger charge is -2.29. The van der Waals surface area contributed by atoms with Gasteiger partial charge in [-0.05, 0) is 24.1 Å². The van der Waals surface area contributed by atoms with Gasteiger partial charge in [0.15, 0.2) is 0 Å². The van der Waals surface area contributed by atoms with Crippen LogP contribution in [0.5, 0.6) is 0 Å². The van der Waals surface area contributed by atoms with Gasteiger partial charge in [-0.3, -0.25) is 0 Å². The maximum atomic E-state index is 8.57. The van der Waals surface area contributed by atoms with Crippen molar-refractivity contribution in [3.63, 3.8) is 0 Å². The summed E-state index contributed by atoms with van der Waals surface area (Å²) in [6, 6.07) is 10.6. The first-order valence-electron chi connectivity index (χ1n) is 5.69. The SMILES string of the molecule is N#CCCc1cccc(N2CCOCC2)c1. The first-order chi connectivity index (χ1) is 7.90. The minimum absolute atomic E-state index is 0.590. The van der Waals surface area contributed by atoms with Crippen molar-refractivity contribution in [1.82, 2.24) is 0 Å². The van der Waals surface area contributed by atoms with Crippen LogP contribution in [0, 0.1) is 11.3 Å². The minimum atomic E-state index is 0.590. The van der Waals surface area contributed by atoms with Crippen LogP contribution in [-0.4, -0.2) is 26.3 Å². The molecule has 0 spiro atoms. The lowest BCUT2D eigenvalue weighted by molar-refractivity contribution is 0.122. The third-order valence-electron chi connectivity index (χ3n) is 2.81. The fourth-order valence-electron chi connectivity index (χ4n) is 1.93. The smallest absolute Gasteiger partial charge is 0.0642 e. The standard InChI is InChI=1S/C13H16N2O/c14-6-2-4-12-3-1-5-13(11-12)15-7-9-16-10-8-15/h1,3,5,11H,2,4,7-10H2. The van der Waals surface area contributed by atoms with E-state index < -0.39 is 0 Å². The molecule has 1 saturated heterocycles.